The highest BCUT2D eigenvalue weighted by atomic mass is 32.1. The minimum atomic E-state index is -0.445. The number of aliphatic hydroxyl groups is 1. The molecule has 0 aromatic carbocycles. The van der Waals surface area contributed by atoms with Gasteiger partial charge in [-0.3, -0.25) is 0 Å². The molecule has 0 bridgehead atoms. The largest absolute Gasteiger partial charge is 0.389 e. The number of hydrogen-bond donors (Lipinski definition) is 2. The highest BCUT2D eigenvalue weighted by molar-refractivity contribution is 7.09. The van der Waals surface area contributed by atoms with Crippen LogP contribution in [0.4, 0.5) is 0 Å². The summed E-state index contributed by atoms with van der Waals surface area (Å²) in [6.07, 6.45) is -0.445. The van der Waals surface area contributed by atoms with E-state index in [-0.39, 0.29) is 5.54 Å². The van der Waals surface area contributed by atoms with Crippen molar-refractivity contribution in [2.75, 3.05) is 13.2 Å². The van der Waals surface area contributed by atoms with Crippen LogP contribution in [-0.2, 0) is 11.3 Å². The third-order valence-electron chi connectivity index (χ3n) is 2.00. The predicted molar refractivity (Wildman–Crippen MR) is 67.7 cm³/mol. The Hall–Kier alpha value is -0.420. The van der Waals surface area contributed by atoms with Gasteiger partial charge in [-0.1, -0.05) is 6.07 Å². The molecule has 2 N–H and O–H groups in total. The van der Waals surface area contributed by atoms with Crippen molar-refractivity contribution >= 4 is 11.3 Å². The molecule has 0 saturated carbocycles. The van der Waals surface area contributed by atoms with Crippen molar-refractivity contribution in [3.05, 3.63) is 22.4 Å². The van der Waals surface area contributed by atoms with Gasteiger partial charge in [0.05, 0.1) is 19.3 Å². The van der Waals surface area contributed by atoms with Crippen molar-refractivity contribution in [2.45, 2.75) is 39.0 Å². The van der Waals surface area contributed by atoms with Crippen molar-refractivity contribution < 1.29 is 9.84 Å². The molecule has 1 rings (SSSR count). The van der Waals surface area contributed by atoms with E-state index in [1.54, 1.807) is 11.3 Å². The smallest absolute Gasteiger partial charge is 0.0898 e. The summed E-state index contributed by atoms with van der Waals surface area (Å²) in [7, 11) is 0. The minimum absolute atomic E-state index is 0.0364. The number of nitrogens with one attached hydrogen (secondary N) is 1. The number of ether oxygens (including phenoxy) is 1. The lowest BCUT2D eigenvalue weighted by Crippen LogP contribution is -2.42. The number of rotatable bonds is 6. The van der Waals surface area contributed by atoms with Crippen LogP contribution in [-0.4, -0.2) is 29.9 Å². The fraction of sp³-hybridized carbons (Fsp3) is 0.667. The van der Waals surface area contributed by atoms with Gasteiger partial charge in [0, 0.05) is 17.0 Å². The van der Waals surface area contributed by atoms with Crippen molar-refractivity contribution in [3.63, 3.8) is 0 Å². The Bertz CT molecular complexity index is 280. The Labute approximate surface area is 101 Å². The maximum Gasteiger partial charge on any atom is 0.0898 e. The molecule has 0 amide bonds. The van der Waals surface area contributed by atoms with E-state index in [1.165, 1.54) is 4.88 Å². The summed E-state index contributed by atoms with van der Waals surface area (Å²) < 4.78 is 5.43. The van der Waals surface area contributed by atoms with Crippen LogP contribution in [0.1, 0.15) is 25.6 Å². The number of β-amino-alcohol motifs (C(OH)–C–C–N with tert-alkyl or cyclic N) is 1. The molecule has 1 aromatic rings. The first kappa shape index (κ1) is 13.6. The Balaban J connectivity index is 2.09. The molecule has 92 valence electrons. The third kappa shape index (κ3) is 6.23. The summed E-state index contributed by atoms with van der Waals surface area (Å²) in [5.74, 6) is 0. The van der Waals surface area contributed by atoms with E-state index in [0.29, 0.717) is 19.8 Å². The number of hydrogen-bond acceptors (Lipinski definition) is 4. The molecule has 0 fully saturated rings. The maximum atomic E-state index is 9.66. The van der Waals surface area contributed by atoms with Crippen LogP contribution in [0.15, 0.2) is 17.5 Å². The highest BCUT2D eigenvalue weighted by Crippen LogP contribution is 2.09. The third-order valence-corrected chi connectivity index (χ3v) is 2.85. The molecule has 3 nitrogen and oxygen atoms in total. The summed E-state index contributed by atoms with van der Waals surface area (Å²) in [5.41, 5.74) is 0.0364. The summed E-state index contributed by atoms with van der Waals surface area (Å²) in [4.78, 5) is 1.19. The standard InChI is InChI=1S/C12H21NO2S/c1-12(2,3)13-7-10(14)8-15-9-11-5-4-6-16-11/h4-6,10,13-14H,7-9H2,1-3H3/t10-/m1/s1. The SMILES string of the molecule is CC(C)(C)NC[C@@H](O)COCc1cccs1. The fourth-order valence-electron chi connectivity index (χ4n) is 1.17. The molecule has 0 aliphatic heterocycles. The second kappa shape index (κ2) is 6.35. The van der Waals surface area contributed by atoms with E-state index in [2.05, 4.69) is 26.1 Å². The molecule has 1 aromatic heterocycles. The molecular formula is C12H21NO2S. The lowest BCUT2D eigenvalue weighted by atomic mass is 10.1. The Morgan fingerprint density at radius 1 is 1.50 bits per heavy atom. The fourth-order valence-corrected chi connectivity index (χ4v) is 1.81. The summed E-state index contributed by atoms with van der Waals surface area (Å²) in [5, 5.41) is 14.9. The number of thiophene rings is 1. The van der Waals surface area contributed by atoms with Crippen molar-refractivity contribution in [1.82, 2.24) is 5.32 Å². The van der Waals surface area contributed by atoms with Crippen LogP contribution in [0.2, 0.25) is 0 Å². The van der Waals surface area contributed by atoms with Crippen LogP contribution in [0.25, 0.3) is 0 Å². The van der Waals surface area contributed by atoms with Crippen molar-refractivity contribution in [3.8, 4) is 0 Å². The Morgan fingerprint density at radius 3 is 2.81 bits per heavy atom. The molecule has 0 aliphatic rings. The van der Waals surface area contributed by atoms with Crippen LogP contribution < -0.4 is 5.32 Å². The average Bonchev–Trinajstić information content (AvgIpc) is 2.66. The van der Waals surface area contributed by atoms with Crippen molar-refractivity contribution in [1.29, 1.82) is 0 Å². The lowest BCUT2D eigenvalue weighted by Gasteiger charge is -2.22. The van der Waals surface area contributed by atoms with Gasteiger partial charge in [0.2, 0.25) is 0 Å². The quantitative estimate of drug-likeness (QED) is 0.803. The monoisotopic (exact) mass is 243 g/mol. The molecule has 0 aliphatic carbocycles. The maximum absolute atomic E-state index is 9.66. The molecule has 0 radical (unpaired) electrons. The van der Waals surface area contributed by atoms with E-state index >= 15 is 0 Å². The first-order chi connectivity index (χ1) is 7.47. The molecule has 1 heterocycles. The summed E-state index contributed by atoms with van der Waals surface area (Å²) in [6.45, 7) is 7.75. The normalized spacial score (nSPS) is 14.0. The van der Waals surface area contributed by atoms with E-state index in [4.69, 9.17) is 4.74 Å². The van der Waals surface area contributed by atoms with Crippen LogP contribution in [0, 0.1) is 0 Å². The van der Waals surface area contributed by atoms with Gasteiger partial charge in [-0.2, -0.15) is 0 Å². The molecule has 0 unspecified atom stereocenters. The summed E-state index contributed by atoms with van der Waals surface area (Å²) in [6, 6.07) is 4.03. The average molecular weight is 243 g/mol. The van der Waals surface area contributed by atoms with Gasteiger partial charge < -0.3 is 15.2 Å². The van der Waals surface area contributed by atoms with E-state index in [1.807, 2.05) is 17.5 Å². The van der Waals surface area contributed by atoms with Gasteiger partial charge in [0.15, 0.2) is 0 Å². The zero-order chi connectivity index (χ0) is 12.0. The van der Waals surface area contributed by atoms with E-state index < -0.39 is 6.10 Å². The van der Waals surface area contributed by atoms with Gasteiger partial charge >= 0.3 is 0 Å². The molecular weight excluding hydrogens is 222 g/mol. The van der Waals surface area contributed by atoms with Gasteiger partial charge in [-0.15, -0.1) is 11.3 Å². The first-order valence-corrected chi connectivity index (χ1v) is 6.38. The van der Waals surface area contributed by atoms with Crippen LogP contribution in [0.5, 0.6) is 0 Å². The predicted octanol–water partition coefficient (Wildman–Crippen LogP) is 2.01. The Kier molecular flexibility index (Phi) is 5.41. The van der Waals surface area contributed by atoms with Gasteiger partial charge in [-0.25, -0.2) is 0 Å². The second-order valence-electron chi connectivity index (χ2n) is 4.88. The molecule has 16 heavy (non-hydrogen) atoms. The van der Waals surface area contributed by atoms with Crippen LogP contribution >= 0.6 is 11.3 Å². The van der Waals surface area contributed by atoms with E-state index in [0.717, 1.165) is 0 Å². The van der Waals surface area contributed by atoms with Crippen LogP contribution in [0.3, 0.4) is 0 Å². The minimum Gasteiger partial charge on any atom is -0.389 e. The Morgan fingerprint density at radius 2 is 2.25 bits per heavy atom. The number of aliphatic hydroxyl groups excluding tert-OH is 1. The van der Waals surface area contributed by atoms with Crippen molar-refractivity contribution in [2.24, 2.45) is 0 Å². The summed E-state index contributed by atoms with van der Waals surface area (Å²) >= 11 is 1.67. The molecule has 0 saturated heterocycles. The van der Waals surface area contributed by atoms with Gasteiger partial charge in [0.1, 0.15) is 0 Å². The molecule has 1 atom stereocenters. The zero-order valence-electron chi connectivity index (χ0n) is 10.2. The topological polar surface area (TPSA) is 41.5 Å². The molecule has 4 heteroatoms. The molecule has 0 spiro atoms. The van der Waals surface area contributed by atoms with Gasteiger partial charge in [-0.05, 0) is 32.2 Å². The first-order valence-electron chi connectivity index (χ1n) is 5.50. The zero-order valence-corrected chi connectivity index (χ0v) is 11.0. The van der Waals surface area contributed by atoms with E-state index in [9.17, 15) is 5.11 Å². The lowest BCUT2D eigenvalue weighted by molar-refractivity contribution is 0.0271. The second-order valence-corrected chi connectivity index (χ2v) is 5.91. The van der Waals surface area contributed by atoms with Gasteiger partial charge in [0.25, 0.3) is 0 Å². The highest BCUT2D eigenvalue weighted by Gasteiger charge is 2.12.